The van der Waals surface area contributed by atoms with Gasteiger partial charge in [0.05, 0.1) is 12.5 Å². The summed E-state index contributed by atoms with van der Waals surface area (Å²) in [5, 5.41) is 5.02. The number of hydrazine groups is 1. The van der Waals surface area contributed by atoms with Crippen LogP contribution < -0.4 is 21.1 Å². The van der Waals surface area contributed by atoms with Gasteiger partial charge in [-0.3, -0.25) is 25.2 Å². The van der Waals surface area contributed by atoms with E-state index in [0.29, 0.717) is 35.1 Å². The summed E-state index contributed by atoms with van der Waals surface area (Å²) in [4.78, 5) is 37.6. The van der Waals surface area contributed by atoms with E-state index < -0.39 is 11.8 Å². The van der Waals surface area contributed by atoms with E-state index in [-0.39, 0.29) is 11.3 Å². The highest BCUT2D eigenvalue weighted by atomic mass is 16.5. The number of nitrogens with one attached hydrogen (secondary N) is 2. The molecule has 2 N–H and O–H groups in total. The fourth-order valence-electron chi connectivity index (χ4n) is 2.97. The topological polar surface area (TPSA) is 102 Å². The van der Waals surface area contributed by atoms with E-state index in [2.05, 4.69) is 16.0 Å². The summed E-state index contributed by atoms with van der Waals surface area (Å²) in [5.41, 5.74) is 5.79. The Balaban J connectivity index is 1.86. The van der Waals surface area contributed by atoms with Crippen molar-refractivity contribution in [2.45, 2.75) is 26.8 Å². The highest BCUT2D eigenvalue weighted by Gasteiger charge is 2.17. The van der Waals surface area contributed by atoms with Gasteiger partial charge in [0.25, 0.3) is 17.4 Å². The molecule has 0 spiro atoms. The Morgan fingerprint density at radius 1 is 1.07 bits per heavy atom. The van der Waals surface area contributed by atoms with E-state index >= 15 is 0 Å². The van der Waals surface area contributed by atoms with E-state index in [9.17, 15) is 14.4 Å². The van der Waals surface area contributed by atoms with Crippen molar-refractivity contribution in [3.05, 3.63) is 69.6 Å². The summed E-state index contributed by atoms with van der Waals surface area (Å²) in [7, 11) is 1.52. The smallest absolute Gasteiger partial charge is 0.290 e. The van der Waals surface area contributed by atoms with Gasteiger partial charge in [-0.15, -0.1) is 0 Å². The molecule has 0 aliphatic carbocycles. The van der Waals surface area contributed by atoms with Gasteiger partial charge >= 0.3 is 0 Å². The number of rotatable bonds is 5. The number of amides is 2. The molecule has 0 atom stereocenters. The van der Waals surface area contributed by atoms with Crippen LogP contribution in [0.5, 0.6) is 5.75 Å². The number of methoxy groups -OCH3 is 1. The van der Waals surface area contributed by atoms with Gasteiger partial charge in [-0.25, -0.2) is 4.68 Å². The molecule has 2 aromatic carbocycles. The highest BCUT2D eigenvalue weighted by molar-refractivity contribution is 6.06. The zero-order valence-corrected chi connectivity index (χ0v) is 16.5. The minimum atomic E-state index is -0.613. The standard InChI is InChI=1S/C21H22N4O4/c1-4-11-25-21(28)16-8-6-5-7-15(16)18(24-25)20(27)23-22-19(26)14-10-9-13(2)17(12-14)29-3/h5-10,12H,4,11H2,1-3H3,(H,22,26)(H,23,27). The van der Waals surface area contributed by atoms with Crippen LogP contribution in [-0.4, -0.2) is 28.7 Å². The van der Waals surface area contributed by atoms with Gasteiger partial charge in [-0.1, -0.05) is 31.2 Å². The number of benzene rings is 2. The lowest BCUT2D eigenvalue weighted by atomic mass is 10.1. The van der Waals surface area contributed by atoms with E-state index in [4.69, 9.17) is 4.74 Å². The van der Waals surface area contributed by atoms with Crippen molar-refractivity contribution in [3.63, 3.8) is 0 Å². The fourth-order valence-corrected chi connectivity index (χ4v) is 2.97. The maximum Gasteiger partial charge on any atom is 0.290 e. The summed E-state index contributed by atoms with van der Waals surface area (Å²) in [5.74, 6) is -0.537. The first-order chi connectivity index (χ1) is 14.0. The third kappa shape index (κ3) is 4.11. The molecule has 2 amide bonds. The second-order valence-electron chi connectivity index (χ2n) is 6.52. The molecule has 1 heterocycles. The van der Waals surface area contributed by atoms with Gasteiger partial charge in [-0.05, 0) is 37.1 Å². The van der Waals surface area contributed by atoms with Crippen molar-refractivity contribution in [3.8, 4) is 5.75 Å². The molecule has 0 unspecified atom stereocenters. The molecule has 0 saturated heterocycles. The number of ether oxygens (including phenoxy) is 1. The van der Waals surface area contributed by atoms with Gasteiger partial charge in [0.15, 0.2) is 5.69 Å². The predicted octanol–water partition coefficient (Wildman–Crippen LogP) is 2.20. The molecule has 8 heteroatoms. The molecule has 0 aliphatic rings. The number of hydrogen-bond acceptors (Lipinski definition) is 5. The van der Waals surface area contributed by atoms with Crippen LogP contribution in [0.1, 0.15) is 39.8 Å². The van der Waals surface area contributed by atoms with Crippen molar-refractivity contribution in [1.82, 2.24) is 20.6 Å². The SMILES string of the molecule is CCCn1nc(C(=O)NNC(=O)c2ccc(C)c(OC)c2)c2ccccc2c1=O. The number of fused-ring (bicyclic) bond motifs is 1. The van der Waals surface area contributed by atoms with Gasteiger partial charge in [-0.2, -0.15) is 5.10 Å². The largest absolute Gasteiger partial charge is 0.496 e. The number of aromatic nitrogens is 2. The van der Waals surface area contributed by atoms with Gasteiger partial charge in [0.1, 0.15) is 5.75 Å². The zero-order chi connectivity index (χ0) is 21.0. The van der Waals surface area contributed by atoms with Crippen LogP contribution in [-0.2, 0) is 6.54 Å². The van der Waals surface area contributed by atoms with E-state index in [1.165, 1.54) is 11.8 Å². The number of aryl methyl sites for hydroxylation is 2. The molecule has 3 aromatic rings. The van der Waals surface area contributed by atoms with Crippen molar-refractivity contribution in [1.29, 1.82) is 0 Å². The number of nitrogens with zero attached hydrogens (tertiary/aromatic N) is 2. The number of carbonyl (C=O) groups is 2. The molecule has 0 bridgehead atoms. The average Bonchev–Trinajstić information content (AvgIpc) is 2.74. The van der Waals surface area contributed by atoms with Crippen LogP contribution in [0.2, 0.25) is 0 Å². The molecule has 29 heavy (non-hydrogen) atoms. The molecule has 0 radical (unpaired) electrons. The maximum atomic E-state index is 12.7. The lowest BCUT2D eigenvalue weighted by Gasteiger charge is -2.12. The molecular weight excluding hydrogens is 372 g/mol. The number of hydrogen-bond donors (Lipinski definition) is 2. The second kappa shape index (κ2) is 8.55. The Hall–Kier alpha value is -3.68. The molecular formula is C21H22N4O4. The molecule has 8 nitrogen and oxygen atoms in total. The monoisotopic (exact) mass is 394 g/mol. The Kier molecular flexibility index (Phi) is 5.92. The molecule has 0 fully saturated rings. The van der Waals surface area contributed by atoms with E-state index in [1.807, 2.05) is 13.8 Å². The Morgan fingerprint density at radius 2 is 1.76 bits per heavy atom. The third-order valence-electron chi connectivity index (χ3n) is 4.48. The van der Waals surface area contributed by atoms with Gasteiger partial charge < -0.3 is 4.74 Å². The Bertz CT molecular complexity index is 1140. The van der Waals surface area contributed by atoms with Crippen molar-refractivity contribution < 1.29 is 14.3 Å². The van der Waals surface area contributed by atoms with Gasteiger partial charge in [0.2, 0.25) is 0 Å². The first kappa shape index (κ1) is 20.1. The summed E-state index contributed by atoms with van der Waals surface area (Å²) >= 11 is 0. The van der Waals surface area contributed by atoms with Crippen LogP contribution in [0, 0.1) is 6.92 Å². The molecule has 1 aromatic heterocycles. The molecule has 3 rings (SSSR count). The van der Waals surface area contributed by atoms with Crippen molar-refractivity contribution in [2.75, 3.05) is 7.11 Å². The normalized spacial score (nSPS) is 10.6. The summed E-state index contributed by atoms with van der Waals surface area (Å²) in [6, 6.07) is 11.7. The zero-order valence-electron chi connectivity index (χ0n) is 16.5. The van der Waals surface area contributed by atoms with Crippen LogP contribution in [0.4, 0.5) is 0 Å². The summed E-state index contributed by atoms with van der Waals surface area (Å²) in [6.45, 7) is 4.17. The molecule has 0 saturated carbocycles. The van der Waals surface area contributed by atoms with Crippen molar-refractivity contribution in [2.24, 2.45) is 0 Å². The second-order valence-corrected chi connectivity index (χ2v) is 6.52. The van der Waals surface area contributed by atoms with E-state index in [1.54, 1.807) is 42.5 Å². The molecule has 150 valence electrons. The van der Waals surface area contributed by atoms with Crippen LogP contribution >= 0.6 is 0 Å². The van der Waals surface area contributed by atoms with Gasteiger partial charge in [0, 0.05) is 17.5 Å². The quantitative estimate of drug-likeness (QED) is 0.646. The first-order valence-corrected chi connectivity index (χ1v) is 9.21. The maximum absolute atomic E-state index is 12.7. The van der Waals surface area contributed by atoms with Crippen LogP contribution in [0.3, 0.4) is 0 Å². The highest BCUT2D eigenvalue weighted by Crippen LogP contribution is 2.19. The lowest BCUT2D eigenvalue weighted by molar-refractivity contribution is 0.0843. The molecule has 0 aliphatic heterocycles. The minimum absolute atomic E-state index is 0.0652. The van der Waals surface area contributed by atoms with Crippen molar-refractivity contribution >= 4 is 22.6 Å². The predicted molar refractivity (Wildman–Crippen MR) is 109 cm³/mol. The Labute approximate surface area is 167 Å². The lowest BCUT2D eigenvalue weighted by Crippen LogP contribution is -2.42. The van der Waals surface area contributed by atoms with Crippen LogP contribution in [0.15, 0.2) is 47.3 Å². The fraction of sp³-hybridized carbons (Fsp3) is 0.238. The average molecular weight is 394 g/mol. The Morgan fingerprint density at radius 3 is 2.45 bits per heavy atom. The third-order valence-corrected chi connectivity index (χ3v) is 4.48. The van der Waals surface area contributed by atoms with E-state index in [0.717, 1.165) is 5.56 Å². The summed E-state index contributed by atoms with van der Waals surface area (Å²) in [6.07, 6.45) is 0.693. The first-order valence-electron chi connectivity index (χ1n) is 9.21. The number of carbonyl (C=O) groups excluding carboxylic acids is 2. The minimum Gasteiger partial charge on any atom is -0.496 e. The summed E-state index contributed by atoms with van der Waals surface area (Å²) < 4.78 is 6.48. The van der Waals surface area contributed by atoms with Crippen LogP contribution in [0.25, 0.3) is 10.8 Å².